The first-order valence-electron chi connectivity index (χ1n) is 10.4. The lowest BCUT2D eigenvalue weighted by Crippen LogP contribution is -2.35. The molecule has 4 rings (SSSR count). The molecular weight excluding hydrogens is 449 g/mol. The number of para-hydroxylation sites is 1. The van der Waals surface area contributed by atoms with Gasteiger partial charge in [-0.25, -0.2) is 12.8 Å². The molecular formula is C23H24FN3O3S2. The summed E-state index contributed by atoms with van der Waals surface area (Å²) in [4.78, 5) is 17.5. The van der Waals surface area contributed by atoms with E-state index in [2.05, 4.69) is 11.6 Å². The average Bonchev–Trinajstić information content (AvgIpc) is 3.43. The molecule has 0 N–H and O–H groups in total. The van der Waals surface area contributed by atoms with Crippen LogP contribution in [0.1, 0.15) is 36.0 Å². The van der Waals surface area contributed by atoms with Gasteiger partial charge in [-0.3, -0.25) is 4.79 Å². The molecule has 9 heteroatoms. The van der Waals surface area contributed by atoms with E-state index < -0.39 is 21.7 Å². The Morgan fingerprint density at radius 1 is 1.25 bits per heavy atom. The molecule has 0 spiro atoms. The second-order valence-electron chi connectivity index (χ2n) is 7.77. The van der Waals surface area contributed by atoms with Crippen LogP contribution in [0, 0.1) is 5.82 Å². The van der Waals surface area contributed by atoms with Gasteiger partial charge >= 0.3 is 0 Å². The highest BCUT2D eigenvalue weighted by Gasteiger charge is 2.30. The molecule has 1 aliphatic carbocycles. The third-order valence-corrected chi connectivity index (χ3v) is 8.75. The Morgan fingerprint density at radius 3 is 2.59 bits per heavy atom. The number of rotatable bonds is 6. The number of benzene rings is 2. The largest absolute Gasteiger partial charge is 0.310 e. The fourth-order valence-corrected chi connectivity index (χ4v) is 6.49. The lowest BCUT2D eigenvalue weighted by molar-refractivity contribution is 0.0997. The van der Waals surface area contributed by atoms with Crippen molar-refractivity contribution in [2.45, 2.75) is 43.2 Å². The van der Waals surface area contributed by atoms with Crippen molar-refractivity contribution in [2.24, 2.45) is 4.99 Å². The van der Waals surface area contributed by atoms with Crippen LogP contribution in [-0.2, 0) is 16.6 Å². The Hall–Kier alpha value is -2.62. The lowest BCUT2D eigenvalue weighted by atomic mass is 10.2. The van der Waals surface area contributed by atoms with Crippen molar-refractivity contribution in [1.82, 2.24) is 8.87 Å². The van der Waals surface area contributed by atoms with E-state index in [1.54, 1.807) is 29.8 Å². The molecule has 2 aromatic carbocycles. The number of nitrogens with zero attached hydrogens (tertiary/aromatic N) is 3. The zero-order valence-corrected chi connectivity index (χ0v) is 19.3. The van der Waals surface area contributed by atoms with E-state index in [-0.39, 0.29) is 16.5 Å². The first kappa shape index (κ1) is 22.6. The summed E-state index contributed by atoms with van der Waals surface area (Å²) in [5.41, 5.74) is 0.635. The van der Waals surface area contributed by atoms with E-state index in [4.69, 9.17) is 0 Å². The van der Waals surface area contributed by atoms with Gasteiger partial charge in [0.15, 0.2) is 4.80 Å². The van der Waals surface area contributed by atoms with Crippen molar-refractivity contribution in [3.8, 4) is 0 Å². The number of halogens is 1. The minimum absolute atomic E-state index is 0.0185. The molecule has 1 fully saturated rings. The molecule has 0 atom stereocenters. The van der Waals surface area contributed by atoms with Gasteiger partial charge in [-0.2, -0.15) is 9.30 Å². The van der Waals surface area contributed by atoms with Gasteiger partial charge in [-0.15, -0.1) is 6.58 Å². The molecule has 0 unspecified atom stereocenters. The SMILES string of the molecule is C=CCn1c(=NC(=O)c2ccc(S(=O)(=O)N(C)C3CCCC3)cc2)sc2cccc(F)c21. The van der Waals surface area contributed by atoms with Crippen LogP contribution in [0.15, 0.2) is 65.0 Å². The first-order chi connectivity index (χ1) is 15.3. The molecule has 1 aliphatic rings. The summed E-state index contributed by atoms with van der Waals surface area (Å²) in [6.07, 6.45) is 5.42. The summed E-state index contributed by atoms with van der Waals surface area (Å²) in [6.45, 7) is 4.00. The molecule has 32 heavy (non-hydrogen) atoms. The normalized spacial score (nSPS) is 15.7. The standard InChI is InChI=1S/C23H24FN3O3S2/c1-3-15-27-21-19(24)9-6-10-20(21)31-23(27)25-22(28)16-11-13-18(14-12-16)32(29,30)26(2)17-7-4-5-8-17/h3,6,9-14,17H,1,4-5,7-8,15H2,2H3. The monoisotopic (exact) mass is 473 g/mol. The molecule has 1 heterocycles. The third-order valence-electron chi connectivity index (χ3n) is 5.78. The summed E-state index contributed by atoms with van der Waals surface area (Å²) >= 11 is 1.21. The maximum absolute atomic E-state index is 14.3. The number of hydrogen-bond donors (Lipinski definition) is 0. The molecule has 168 valence electrons. The van der Waals surface area contributed by atoms with Crippen LogP contribution in [0.4, 0.5) is 4.39 Å². The molecule has 0 saturated heterocycles. The molecule has 0 aliphatic heterocycles. The zero-order valence-electron chi connectivity index (χ0n) is 17.7. The Morgan fingerprint density at radius 2 is 1.94 bits per heavy atom. The average molecular weight is 474 g/mol. The number of aromatic nitrogens is 1. The van der Waals surface area contributed by atoms with E-state index in [1.165, 1.54) is 46.0 Å². The quantitative estimate of drug-likeness (QED) is 0.500. The van der Waals surface area contributed by atoms with Crippen molar-refractivity contribution >= 4 is 37.5 Å². The summed E-state index contributed by atoms with van der Waals surface area (Å²) < 4.78 is 43.9. The Kier molecular flexibility index (Phi) is 6.41. The van der Waals surface area contributed by atoms with E-state index >= 15 is 0 Å². The zero-order chi connectivity index (χ0) is 22.9. The van der Waals surface area contributed by atoms with E-state index in [0.29, 0.717) is 21.6 Å². The molecule has 1 saturated carbocycles. The van der Waals surface area contributed by atoms with Crippen LogP contribution in [0.25, 0.3) is 10.2 Å². The maximum Gasteiger partial charge on any atom is 0.279 e. The van der Waals surface area contributed by atoms with E-state index in [1.807, 2.05) is 0 Å². The summed E-state index contributed by atoms with van der Waals surface area (Å²) in [5, 5.41) is 0. The van der Waals surface area contributed by atoms with Gasteiger partial charge in [-0.1, -0.05) is 36.3 Å². The predicted octanol–water partition coefficient (Wildman–Crippen LogP) is 4.33. The maximum atomic E-state index is 14.3. The Labute approximate surface area is 190 Å². The number of carbonyl (C=O) groups excluding carboxylic acids is 1. The number of fused-ring (bicyclic) bond motifs is 1. The van der Waals surface area contributed by atoms with E-state index in [0.717, 1.165) is 25.7 Å². The lowest BCUT2D eigenvalue weighted by Gasteiger charge is -2.23. The highest BCUT2D eigenvalue weighted by atomic mass is 32.2. The summed E-state index contributed by atoms with van der Waals surface area (Å²) in [5.74, 6) is -0.918. The number of carbonyl (C=O) groups is 1. The van der Waals surface area contributed by atoms with Gasteiger partial charge in [0.1, 0.15) is 5.82 Å². The number of amides is 1. The van der Waals surface area contributed by atoms with Crippen LogP contribution >= 0.6 is 11.3 Å². The highest BCUT2D eigenvalue weighted by Crippen LogP contribution is 2.27. The van der Waals surface area contributed by atoms with Crippen LogP contribution in [-0.4, -0.2) is 36.3 Å². The first-order valence-corrected chi connectivity index (χ1v) is 12.6. The van der Waals surface area contributed by atoms with Crippen molar-refractivity contribution in [1.29, 1.82) is 0 Å². The number of hydrogen-bond acceptors (Lipinski definition) is 4. The van der Waals surface area contributed by atoms with Crippen LogP contribution in [0.3, 0.4) is 0 Å². The minimum Gasteiger partial charge on any atom is -0.310 e. The van der Waals surface area contributed by atoms with Gasteiger partial charge in [0.25, 0.3) is 5.91 Å². The van der Waals surface area contributed by atoms with Crippen molar-refractivity contribution in [2.75, 3.05) is 7.05 Å². The number of thiazole rings is 1. The molecule has 1 amide bonds. The van der Waals surface area contributed by atoms with Crippen LogP contribution in [0.2, 0.25) is 0 Å². The van der Waals surface area contributed by atoms with E-state index in [9.17, 15) is 17.6 Å². The molecule has 6 nitrogen and oxygen atoms in total. The molecule has 3 aromatic rings. The molecule has 0 bridgehead atoms. The van der Waals surface area contributed by atoms with Crippen LogP contribution < -0.4 is 4.80 Å². The van der Waals surface area contributed by atoms with Gasteiger partial charge in [0.2, 0.25) is 10.0 Å². The predicted molar refractivity (Wildman–Crippen MR) is 124 cm³/mol. The Balaban J connectivity index is 1.65. The van der Waals surface area contributed by atoms with Crippen molar-refractivity contribution in [3.05, 3.63) is 71.3 Å². The van der Waals surface area contributed by atoms with Gasteiger partial charge in [-0.05, 0) is 49.2 Å². The van der Waals surface area contributed by atoms with Gasteiger partial charge < -0.3 is 4.57 Å². The van der Waals surface area contributed by atoms with Gasteiger partial charge in [0.05, 0.1) is 15.1 Å². The number of allylic oxidation sites excluding steroid dienone is 1. The second-order valence-corrected chi connectivity index (χ2v) is 10.8. The van der Waals surface area contributed by atoms with Crippen molar-refractivity contribution in [3.63, 3.8) is 0 Å². The number of sulfonamides is 1. The fourth-order valence-electron chi connectivity index (χ4n) is 4.02. The van der Waals surface area contributed by atoms with Gasteiger partial charge in [0, 0.05) is 25.2 Å². The fraction of sp³-hybridized carbons (Fsp3) is 0.304. The second kappa shape index (κ2) is 9.09. The minimum atomic E-state index is -3.62. The third kappa shape index (κ3) is 4.20. The smallest absolute Gasteiger partial charge is 0.279 e. The van der Waals surface area contributed by atoms with Crippen LogP contribution in [0.5, 0.6) is 0 Å². The van der Waals surface area contributed by atoms with Crippen molar-refractivity contribution < 1.29 is 17.6 Å². The highest BCUT2D eigenvalue weighted by molar-refractivity contribution is 7.89. The summed E-state index contributed by atoms with van der Waals surface area (Å²) in [7, 11) is -2.01. The Bertz CT molecular complexity index is 1340. The summed E-state index contributed by atoms with van der Waals surface area (Å²) in [6, 6.07) is 10.6. The molecule has 1 aromatic heterocycles. The molecule has 0 radical (unpaired) electrons. The topological polar surface area (TPSA) is 71.7 Å².